The highest BCUT2D eigenvalue weighted by atomic mass is 19.1. The lowest BCUT2D eigenvalue weighted by molar-refractivity contribution is -0.114. The van der Waals surface area contributed by atoms with E-state index >= 15 is 0 Å². The van der Waals surface area contributed by atoms with Gasteiger partial charge in [-0.3, -0.25) is 4.79 Å². The number of halogens is 2. The van der Waals surface area contributed by atoms with Gasteiger partial charge in [0.05, 0.1) is 12.2 Å². The largest absolute Gasteiger partial charge is 0.376 e. The molecule has 2 aromatic carbocycles. The van der Waals surface area contributed by atoms with Crippen molar-refractivity contribution in [2.24, 2.45) is 0 Å². The molecule has 1 amide bonds. The number of amides is 1. The van der Waals surface area contributed by atoms with Crippen LogP contribution in [-0.4, -0.2) is 12.5 Å². The number of carbonyl (C=O) groups is 1. The number of carbonyl (C=O) groups excluding carboxylic acids is 1. The van der Waals surface area contributed by atoms with Crippen LogP contribution in [-0.2, 0) is 4.79 Å². The Morgan fingerprint density at radius 3 is 2.57 bits per heavy atom. The molecule has 3 nitrogen and oxygen atoms in total. The summed E-state index contributed by atoms with van der Waals surface area (Å²) >= 11 is 0. The molecule has 2 N–H and O–H groups in total. The molecule has 5 heteroatoms. The number of benzene rings is 2. The fourth-order valence-corrected chi connectivity index (χ4v) is 1.90. The maximum atomic E-state index is 13.4. The van der Waals surface area contributed by atoms with E-state index in [2.05, 4.69) is 10.6 Å². The average molecular weight is 290 g/mol. The lowest BCUT2D eigenvalue weighted by Crippen LogP contribution is -2.22. The maximum absolute atomic E-state index is 13.4. The monoisotopic (exact) mass is 290 g/mol. The second kappa shape index (κ2) is 6.35. The Kier molecular flexibility index (Phi) is 4.52. The summed E-state index contributed by atoms with van der Waals surface area (Å²) in [6.45, 7) is 3.94. The van der Waals surface area contributed by atoms with E-state index in [-0.39, 0.29) is 12.2 Å². The lowest BCUT2D eigenvalue weighted by Gasteiger charge is -2.12. The third kappa shape index (κ3) is 3.78. The molecule has 2 rings (SSSR count). The summed E-state index contributed by atoms with van der Waals surface area (Å²) in [5.74, 6) is -1.88. The highest BCUT2D eigenvalue weighted by Crippen LogP contribution is 2.18. The summed E-state index contributed by atoms with van der Waals surface area (Å²) < 4.78 is 26.2. The zero-order valence-corrected chi connectivity index (χ0v) is 11.8. The summed E-state index contributed by atoms with van der Waals surface area (Å²) in [4.78, 5) is 11.8. The summed E-state index contributed by atoms with van der Waals surface area (Å²) in [5.41, 5.74) is 2.98. The minimum Gasteiger partial charge on any atom is -0.376 e. The first-order valence-electron chi connectivity index (χ1n) is 6.52. The minimum atomic E-state index is -0.796. The van der Waals surface area contributed by atoms with E-state index < -0.39 is 17.5 Å². The molecule has 0 saturated carbocycles. The Morgan fingerprint density at radius 2 is 1.86 bits per heavy atom. The fourth-order valence-electron chi connectivity index (χ4n) is 1.90. The van der Waals surface area contributed by atoms with Gasteiger partial charge in [0, 0.05) is 11.8 Å². The van der Waals surface area contributed by atoms with Crippen molar-refractivity contribution in [3.8, 4) is 0 Å². The van der Waals surface area contributed by atoms with Gasteiger partial charge in [0.1, 0.15) is 11.6 Å². The number of hydrogen-bond donors (Lipinski definition) is 2. The van der Waals surface area contributed by atoms with Gasteiger partial charge in [-0.05, 0) is 43.2 Å². The molecule has 0 aliphatic carbocycles. The Bertz CT molecular complexity index is 671. The van der Waals surface area contributed by atoms with E-state index in [1.165, 1.54) is 6.07 Å². The normalized spacial score (nSPS) is 10.3. The second-order valence-electron chi connectivity index (χ2n) is 4.77. The SMILES string of the molecule is Cc1cccc(NCC(=O)Nc2ccc(F)cc2F)c1C. The molecular formula is C16H16F2N2O. The summed E-state index contributed by atoms with van der Waals surface area (Å²) in [5, 5.41) is 5.39. The molecule has 0 aliphatic heterocycles. The Labute approximate surface area is 122 Å². The quantitative estimate of drug-likeness (QED) is 0.902. The third-order valence-corrected chi connectivity index (χ3v) is 3.25. The van der Waals surface area contributed by atoms with Crippen LogP contribution in [0.1, 0.15) is 11.1 Å². The molecule has 0 unspecified atom stereocenters. The van der Waals surface area contributed by atoms with Crippen LogP contribution in [0, 0.1) is 25.5 Å². The Hall–Kier alpha value is -2.43. The predicted octanol–water partition coefficient (Wildman–Crippen LogP) is 3.63. The van der Waals surface area contributed by atoms with E-state index in [0.717, 1.165) is 28.9 Å². The first-order valence-corrected chi connectivity index (χ1v) is 6.52. The van der Waals surface area contributed by atoms with Crippen LogP contribution in [0.15, 0.2) is 36.4 Å². The second-order valence-corrected chi connectivity index (χ2v) is 4.77. The van der Waals surface area contributed by atoms with Crippen LogP contribution in [0.2, 0.25) is 0 Å². The van der Waals surface area contributed by atoms with Crippen LogP contribution < -0.4 is 10.6 Å². The molecule has 0 spiro atoms. The van der Waals surface area contributed by atoms with Gasteiger partial charge in [0.2, 0.25) is 5.91 Å². The van der Waals surface area contributed by atoms with Crippen molar-refractivity contribution < 1.29 is 13.6 Å². The predicted molar refractivity (Wildman–Crippen MR) is 79.4 cm³/mol. The van der Waals surface area contributed by atoms with E-state index in [4.69, 9.17) is 0 Å². The Morgan fingerprint density at radius 1 is 1.10 bits per heavy atom. The van der Waals surface area contributed by atoms with Gasteiger partial charge in [0.25, 0.3) is 0 Å². The van der Waals surface area contributed by atoms with Crippen molar-refractivity contribution in [1.29, 1.82) is 0 Å². The van der Waals surface area contributed by atoms with E-state index in [1.54, 1.807) is 0 Å². The molecule has 0 atom stereocenters. The number of rotatable bonds is 4. The van der Waals surface area contributed by atoms with Crippen molar-refractivity contribution >= 4 is 17.3 Å². The fraction of sp³-hybridized carbons (Fsp3) is 0.188. The summed E-state index contributed by atoms with van der Waals surface area (Å²) in [6, 6.07) is 8.76. The summed E-state index contributed by atoms with van der Waals surface area (Å²) in [7, 11) is 0. The first-order chi connectivity index (χ1) is 9.97. The lowest BCUT2D eigenvalue weighted by atomic mass is 10.1. The summed E-state index contributed by atoms with van der Waals surface area (Å²) in [6.07, 6.45) is 0. The van der Waals surface area contributed by atoms with Crippen LogP contribution in [0.4, 0.5) is 20.2 Å². The van der Waals surface area contributed by atoms with Gasteiger partial charge in [-0.2, -0.15) is 0 Å². The molecule has 0 aromatic heterocycles. The van der Waals surface area contributed by atoms with Gasteiger partial charge in [-0.1, -0.05) is 12.1 Å². The smallest absolute Gasteiger partial charge is 0.243 e. The van der Waals surface area contributed by atoms with Gasteiger partial charge in [-0.25, -0.2) is 8.78 Å². The van der Waals surface area contributed by atoms with Crippen molar-refractivity contribution in [2.45, 2.75) is 13.8 Å². The van der Waals surface area contributed by atoms with E-state index in [0.29, 0.717) is 0 Å². The van der Waals surface area contributed by atoms with Gasteiger partial charge in [0.15, 0.2) is 0 Å². The van der Waals surface area contributed by atoms with Gasteiger partial charge < -0.3 is 10.6 Å². The zero-order valence-electron chi connectivity index (χ0n) is 11.8. The number of hydrogen-bond acceptors (Lipinski definition) is 2. The standard InChI is InChI=1S/C16H16F2N2O/c1-10-4-3-5-14(11(10)2)19-9-16(21)20-15-7-6-12(17)8-13(15)18/h3-8,19H,9H2,1-2H3,(H,20,21). The minimum absolute atomic E-state index is 0.00110. The van der Waals surface area contributed by atoms with Crippen molar-refractivity contribution in [1.82, 2.24) is 0 Å². The molecule has 0 saturated heterocycles. The van der Waals surface area contributed by atoms with Crippen LogP contribution in [0.3, 0.4) is 0 Å². The molecular weight excluding hydrogens is 274 g/mol. The number of anilines is 2. The maximum Gasteiger partial charge on any atom is 0.243 e. The molecule has 2 aromatic rings. The third-order valence-electron chi connectivity index (χ3n) is 3.25. The van der Waals surface area contributed by atoms with E-state index in [1.807, 2.05) is 32.0 Å². The van der Waals surface area contributed by atoms with Crippen LogP contribution in [0.5, 0.6) is 0 Å². The first kappa shape index (κ1) is 15.0. The molecule has 21 heavy (non-hydrogen) atoms. The molecule has 0 radical (unpaired) electrons. The average Bonchev–Trinajstić information content (AvgIpc) is 2.43. The van der Waals surface area contributed by atoms with Gasteiger partial charge >= 0.3 is 0 Å². The topological polar surface area (TPSA) is 41.1 Å². The molecule has 0 heterocycles. The molecule has 110 valence electrons. The van der Waals surface area contributed by atoms with E-state index in [9.17, 15) is 13.6 Å². The number of nitrogens with one attached hydrogen (secondary N) is 2. The van der Waals surface area contributed by atoms with Crippen LogP contribution in [0.25, 0.3) is 0 Å². The Balaban J connectivity index is 1.97. The molecule has 0 aliphatic rings. The molecule has 0 bridgehead atoms. The van der Waals surface area contributed by atoms with Gasteiger partial charge in [-0.15, -0.1) is 0 Å². The zero-order chi connectivity index (χ0) is 15.4. The van der Waals surface area contributed by atoms with Crippen LogP contribution >= 0.6 is 0 Å². The number of aryl methyl sites for hydroxylation is 1. The molecule has 0 fully saturated rings. The highest BCUT2D eigenvalue weighted by Gasteiger charge is 2.08. The van der Waals surface area contributed by atoms with Crippen molar-refractivity contribution in [3.63, 3.8) is 0 Å². The van der Waals surface area contributed by atoms with Crippen molar-refractivity contribution in [3.05, 3.63) is 59.2 Å². The highest BCUT2D eigenvalue weighted by molar-refractivity contribution is 5.93. The van der Waals surface area contributed by atoms with Crippen molar-refractivity contribution in [2.75, 3.05) is 17.2 Å².